The van der Waals surface area contributed by atoms with Gasteiger partial charge in [-0.05, 0) is 43.1 Å². The average molecular weight is 291 g/mol. The molecule has 1 atom stereocenters. The maximum atomic E-state index is 13.9. The van der Waals surface area contributed by atoms with E-state index in [1.165, 1.54) is 12.1 Å². The second-order valence-electron chi connectivity index (χ2n) is 4.84. The predicted molar refractivity (Wildman–Crippen MR) is 79.5 cm³/mol. The minimum atomic E-state index is -0.582. The lowest BCUT2D eigenvalue weighted by molar-refractivity contribution is 0.335. The Hall–Kier alpha value is -1.94. The SMILES string of the molecule is CCOc1ccccc1CC(CN)c1ccc(F)cc1F. The van der Waals surface area contributed by atoms with Gasteiger partial charge in [-0.15, -0.1) is 0 Å². The number of para-hydroxylation sites is 1. The molecule has 4 heteroatoms. The molecule has 0 spiro atoms. The quantitative estimate of drug-likeness (QED) is 0.881. The van der Waals surface area contributed by atoms with Gasteiger partial charge < -0.3 is 10.5 Å². The van der Waals surface area contributed by atoms with Crippen LogP contribution in [-0.4, -0.2) is 13.2 Å². The number of nitrogens with two attached hydrogens (primary N) is 1. The lowest BCUT2D eigenvalue weighted by Crippen LogP contribution is -2.17. The molecule has 1 unspecified atom stereocenters. The summed E-state index contributed by atoms with van der Waals surface area (Å²) in [6.45, 7) is 2.76. The molecule has 0 bridgehead atoms. The molecular formula is C17H19F2NO. The van der Waals surface area contributed by atoms with Crippen LogP contribution in [0.4, 0.5) is 8.78 Å². The van der Waals surface area contributed by atoms with Gasteiger partial charge >= 0.3 is 0 Å². The summed E-state index contributed by atoms with van der Waals surface area (Å²) in [6, 6.07) is 11.2. The van der Waals surface area contributed by atoms with Crippen LogP contribution < -0.4 is 10.5 Å². The van der Waals surface area contributed by atoms with E-state index in [2.05, 4.69) is 0 Å². The van der Waals surface area contributed by atoms with Crippen LogP contribution in [0.25, 0.3) is 0 Å². The van der Waals surface area contributed by atoms with Crippen molar-refractivity contribution in [2.24, 2.45) is 5.73 Å². The Morgan fingerprint density at radius 3 is 2.57 bits per heavy atom. The van der Waals surface area contributed by atoms with Crippen molar-refractivity contribution in [3.05, 3.63) is 65.2 Å². The van der Waals surface area contributed by atoms with E-state index in [-0.39, 0.29) is 12.5 Å². The van der Waals surface area contributed by atoms with Crippen molar-refractivity contribution in [3.63, 3.8) is 0 Å². The van der Waals surface area contributed by atoms with Gasteiger partial charge in [0.1, 0.15) is 17.4 Å². The Labute approximate surface area is 123 Å². The number of hydrogen-bond acceptors (Lipinski definition) is 2. The Kier molecular flexibility index (Phi) is 5.28. The number of rotatable bonds is 6. The fraction of sp³-hybridized carbons (Fsp3) is 0.294. The number of benzene rings is 2. The van der Waals surface area contributed by atoms with E-state index in [9.17, 15) is 8.78 Å². The molecule has 0 saturated heterocycles. The second-order valence-corrected chi connectivity index (χ2v) is 4.84. The first kappa shape index (κ1) is 15.4. The molecule has 112 valence electrons. The molecule has 0 fully saturated rings. The van der Waals surface area contributed by atoms with Crippen molar-refractivity contribution >= 4 is 0 Å². The third-order valence-electron chi connectivity index (χ3n) is 3.43. The summed E-state index contributed by atoms with van der Waals surface area (Å²) in [6.07, 6.45) is 0.551. The molecule has 2 nitrogen and oxygen atoms in total. The predicted octanol–water partition coefficient (Wildman–Crippen LogP) is 3.65. The van der Waals surface area contributed by atoms with Gasteiger partial charge in [0, 0.05) is 12.0 Å². The van der Waals surface area contributed by atoms with E-state index < -0.39 is 11.6 Å². The van der Waals surface area contributed by atoms with Crippen molar-refractivity contribution in [1.29, 1.82) is 0 Å². The molecule has 0 heterocycles. The van der Waals surface area contributed by atoms with Crippen molar-refractivity contribution in [2.45, 2.75) is 19.3 Å². The third kappa shape index (κ3) is 3.79. The van der Waals surface area contributed by atoms with Crippen LogP contribution in [0.5, 0.6) is 5.75 Å². The largest absolute Gasteiger partial charge is 0.494 e. The highest BCUT2D eigenvalue weighted by Crippen LogP contribution is 2.27. The normalized spacial score (nSPS) is 12.2. The van der Waals surface area contributed by atoms with Gasteiger partial charge in [0.15, 0.2) is 0 Å². The maximum Gasteiger partial charge on any atom is 0.129 e. The lowest BCUT2D eigenvalue weighted by Gasteiger charge is -2.18. The molecule has 2 aromatic rings. The molecule has 0 aliphatic carbocycles. The second kappa shape index (κ2) is 7.18. The summed E-state index contributed by atoms with van der Waals surface area (Å²) in [5.74, 6) is -0.575. The van der Waals surface area contributed by atoms with Crippen LogP contribution in [0.3, 0.4) is 0 Å². The van der Waals surface area contributed by atoms with Crippen LogP contribution in [0.2, 0.25) is 0 Å². The summed E-state index contributed by atoms with van der Waals surface area (Å²) in [7, 11) is 0. The van der Waals surface area contributed by atoms with Crippen LogP contribution in [0, 0.1) is 11.6 Å². The van der Waals surface area contributed by atoms with Gasteiger partial charge in [-0.2, -0.15) is 0 Å². The van der Waals surface area contributed by atoms with Crippen LogP contribution in [-0.2, 0) is 6.42 Å². The summed E-state index contributed by atoms with van der Waals surface area (Å²) < 4.78 is 32.5. The van der Waals surface area contributed by atoms with Gasteiger partial charge in [-0.3, -0.25) is 0 Å². The molecule has 0 amide bonds. The smallest absolute Gasteiger partial charge is 0.129 e. The van der Waals surface area contributed by atoms with Crippen molar-refractivity contribution in [2.75, 3.05) is 13.2 Å². The van der Waals surface area contributed by atoms with Gasteiger partial charge in [0.2, 0.25) is 0 Å². The molecule has 2 rings (SSSR count). The zero-order chi connectivity index (χ0) is 15.2. The molecule has 21 heavy (non-hydrogen) atoms. The summed E-state index contributed by atoms with van der Waals surface area (Å²) in [5, 5.41) is 0. The third-order valence-corrected chi connectivity index (χ3v) is 3.43. The first-order valence-electron chi connectivity index (χ1n) is 7.01. The van der Waals surface area contributed by atoms with E-state index in [4.69, 9.17) is 10.5 Å². The number of ether oxygens (including phenoxy) is 1. The average Bonchev–Trinajstić information content (AvgIpc) is 2.47. The molecular weight excluding hydrogens is 272 g/mol. The van der Waals surface area contributed by atoms with Crippen LogP contribution in [0.15, 0.2) is 42.5 Å². The highest BCUT2D eigenvalue weighted by atomic mass is 19.1. The summed E-state index contributed by atoms with van der Waals surface area (Å²) in [5.41, 5.74) is 7.19. The van der Waals surface area contributed by atoms with Gasteiger partial charge in [0.25, 0.3) is 0 Å². The number of halogens is 2. The first-order chi connectivity index (χ1) is 10.2. The molecule has 2 N–H and O–H groups in total. The maximum absolute atomic E-state index is 13.9. The fourth-order valence-electron chi connectivity index (χ4n) is 2.39. The Bertz CT molecular complexity index is 601. The van der Waals surface area contributed by atoms with Gasteiger partial charge in [-0.25, -0.2) is 8.78 Å². The molecule has 2 aromatic carbocycles. The molecule has 0 aliphatic rings. The van der Waals surface area contributed by atoms with E-state index in [0.717, 1.165) is 17.4 Å². The summed E-state index contributed by atoms with van der Waals surface area (Å²) >= 11 is 0. The zero-order valence-corrected chi connectivity index (χ0v) is 12.0. The van der Waals surface area contributed by atoms with E-state index in [0.29, 0.717) is 18.6 Å². The van der Waals surface area contributed by atoms with Gasteiger partial charge in [-0.1, -0.05) is 24.3 Å². The van der Waals surface area contributed by atoms with Crippen molar-refractivity contribution in [3.8, 4) is 5.75 Å². The standard InChI is InChI=1S/C17H19F2NO/c1-2-21-17-6-4-3-5-12(17)9-13(11-20)15-8-7-14(18)10-16(15)19/h3-8,10,13H,2,9,11,20H2,1H3. The molecule has 0 aromatic heterocycles. The molecule has 0 saturated carbocycles. The highest BCUT2D eigenvalue weighted by molar-refractivity contribution is 5.36. The molecule has 0 radical (unpaired) electrons. The minimum absolute atomic E-state index is 0.216. The van der Waals surface area contributed by atoms with Gasteiger partial charge in [0.05, 0.1) is 6.61 Å². The molecule has 0 aliphatic heterocycles. The van der Waals surface area contributed by atoms with E-state index in [1.54, 1.807) is 0 Å². The number of hydrogen-bond donors (Lipinski definition) is 1. The monoisotopic (exact) mass is 291 g/mol. The fourth-order valence-corrected chi connectivity index (χ4v) is 2.39. The highest BCUT2D eigenvalue weighted by Gasteiger charge is 2.17. The zero-order valence-electron chi connectivity index (χ0n) is 12.0. The van der Waals surface area contributed by atoms with Crippen LogP contribution in [0.1, 0.15) is 24.0 Å². The first-order valence-corrected chi connectivity index (χ1v) is 7.01. The Morgan fingerprint density at radius 1 is 1.14 bits per heavy atom. The van der Waals surface area contributed by atoms with E-state index >= 15 is 0 Å². The van der Waals surface area contributed by atoms with E-state index in [1.807, 2.05) is 31.2 Å². The van der Waals surface area contributed by atoms with Crippen molar-refractivity contribution in [1.82, 2.24) is 0 Å². The van der Waals surface area contributed by atoms with Crippen molar-refractivity contribution < 1.29 is 13.5 Å². The topological polar surface area (TPSA) is 35.2 Å². The Morgan fingerprint density at radius 2 is 1.90 bits per heavy atom. The van der Waals surface area contributed by atoms with Crippen LogP contribution >= 0.6 is 0 Å². The summed E-state index contributed by atoms with van der Waals surface area (Å²) in [4.78, 5) is 0. The lowest BCUT2D eigenvalue weighted by atomic mass is 9.91. The minimum Gasteiger partial charge on any atom is -0.494 e. The Balaban J connectivity index is 2.27.